The lowest BCUT2D eigenvalue weighted by Crippen LogP contribution is -2.60. The molecule has 0 N–H and O–H groups in total. The molecule has 1 aliphatic carbocycles. The van der Waals surface area contributed by atoms with E-state index in [-0.39, 0.29) is 34.3 Å². The summed E-state index contributed by atoms with van der Waals surface area (Å²) in [6, 6.07) is 14.6. The van der Waals surface area contributed by atoms with Crippen molar-refractivity contribution in [3.8, 4) is 5.75 Å². The first-order valence-electron chi connectivity index (χ1n) is 18.3. The molecule has 0 bridgehead atoms. The molecule has 2 fully saturated rings. The number of ether oxygens (including phenoxy) is 2. The lowest BCUT2D eigenvalue weighted by molar-refractivity contribution is -0.135. The lowest BCUT2D eigenvalue weighted by atomic mass is 9.55. The Bertz CT molecular complexity index is 2010. The standard InChI is InChI=1S/C41H46N4O3/c1-5-39-14-9-17-43-19-13-26-25-11-7-8-12-31(25)45(34(26)36(39)43)32(24-39)27-21-29-30(22-33(27)47-3)42-35-28(37(46)48-4)23-40(6-2)15-10-18-44-20-16-41(29,35)38(40)44/h7-8,10-12,15,21-23,32,36,38H,5-6,9,13-14,16-20,24H2,1-4H3/t32-,36-,38+,39+,40+,41+/m1/s1. The first-order chi connectivity index (χ1) is 23.4. The largest absolute Gasteiger partial charge is 0.496 e. The summed E-state index contributed by atoms with van der Waals surface area (Å²) in [5.74, 6) is 0.619. The highest BCUT2D eigenvalue weighted by Crippen LogP contribution is 2.64. The Morgan fingerprint density at radius 2 is 1.92 bits per heavy atom. The van der Waals surface area contributed by atoms with Crippen molar-refractivity contribution in [2.45, 2.75) is 82.3 Å². The molecule has 3 aromatic rings. The summed E-state index contributed by atoms with van der Waals surface area (Å²) in [7, 11) is 3.31. The van der Waals surface area contributed by atoms with Gasteiger partial charge in [0, 0.05) is 59.3 Å². The zero-order chi connectivity index (χ0) is 32.6. The van der Waals surface area contributed by atoms with Crippen LogP contribution in [0.1, 0.15) is 86.8 Å². The Labute approximate surface area is 283 Å². The normalized spacial score (nSPS) is 34.2. The fourth-order valence-electron chi connectivity index (χ4n) is 12.1. The summed E-state index contributed by atoms with van der Waals surface area (Å²) in [6.45, 7) is 8.97. The molecule has 0 amide bonds. The van der Waals surface area contributed by atoms with Crippen LogP contribution in [0.3, 0.4) is 0 Å². The topological polar surface area (TPSA) is 59.3 Å². The lowest BCUT2D eigenvalue weighted by Gasteiger charge is -2.57. The molecule has 0 saturated carbocycles. The van der Waals surface area contributed by atoms with E-state index in [1.165, 1.54) is 54.9 Å². The van der Waals surface area contributed by atoms with Gasteiger partial charge in [-0.25, -0.2) is 4.79 Å². The molecule has 0 radical (unpaired) electrons. The van der Waals surface area contributed by atoms with Gasteiger partial charge in [-0.15, -0.1) is 0 Å². The second-order valence-corrected chi connectivity index (χ2v) is 15.6. The smallest absolute Gasteiger partial charge is 0.339 e. The number of nitrogens with zero attached hydrogens (tertiary/aromatic N) is 4. The average molecular weight is 643 g/mol. The van der Waals surface area contributed by atoms with Gasteiger partial charge >= 0.3 is 5.97 Å². The number of benzene rings is 2. The van der Waals surface area contributed by atoms with E-state index in [0.717, 1.165) is 62.5 Å². The number of esters is 1. The molecule has 7 aliphatic rings. The van der Waals surface area contributed by atoms with Gasteiger partial charge in [-0.2, -0.15) is 0 Å². The highest BCUT2D eigenvalue weighted by Gasteiger charge is 2.65. The van der Waals surface area contributed by atoms with E-state index in [1.807, 2.05) is 7.11 Å². The molecule has 6 atom stereocenters. The summed E-state index contributed by atoms with van der Waals surface area (Å²) in [5, 5.41) is 1.42. The average Bonchev–Trinajstić information content (AvgIpc) is 3.80. The zero-order valence-electron chi connectivity index (χ0n) is 28.7. The molecule has 7 nitrogen and oxygen atoms in total. The minimum atomic E-state index is -0.380. The molecule has 7 heteroatoms. The number of aliphatic imine (C=N–C) groups is 1. The number of methoxy groups -OCH3 is 2. The van der Waals surface area contributed by atoms with Gasteiger partial charge in [0.25, 0.3) is 0 Å². The van der Waals surface area contributed by atoms with Crippen LogP contribution in [-0.4, -0.2) is 72.5 Å². The van der Waals surface area contributed by atoms with E-state index in [0.29, 0.717) is 11.6 Å². The number of fused-ring (bicyclic) bond motifs is 4. The van der Waals surface area contributed by atoms with Crippen LogP contribution in [0.25, 0.3) is 10.9 Å². The van der Waals surface area contributed by atoms with Crippen LogP contribution < -0.4 is 4.74 Å². The number of carbonyl (C=O) groups is 1. The van der Waals surface area contributed by atoms with Crippen molar-refractivity contribution in [2.24, 2.45) is 15.8 Å². The molecule has 248 valence electrons. The maximum absolute atomic E-state index is 13.6. The van der Waals surface area contributed by atoms with Crippen molar-refractivity contribution in [3.63, 3.8) is 0 Å². The molecule has 6 aliphatic heterocycles. The first-order valence-corrected chi connectivity index (χ1v) is 18.3. The number of rotatable bonds is 5. The SMILES string of the molecule is CC[C@]12C=CCN3CC[C@]4(C(=Nc5cc(OC)c([C@H]6C[C@]7(CC)CCCN8CCc9c(n6c6ccccc96)[C@@H]87)cc54)C(C(=O)OC)=C1)[C@@H]32. The number of carbonyl (C=O) groups excluding carboxylic acids is 1. The summed E-state index contributed by atoms with van der Waals surface area (Å²) >= 11 is 0. The van der Waals surface area contributed by atoms with E-state index < -0.39 is 0 Å². The number of hydrogen-bond acceptors (Lipinski definition) is 6. The Morgan fingerprint density at radius 3 is 2.73 bits per heavy atom. The van der Waals surface area contributed by atoms with Gasteiger partial charge in [0.2, 0.25) is 0 Å². The monoisotopic (exact) mass is 642 g/mol. The predicted octanol–water partition coefficient (Wildman–Crippen LogP) is 7.21. The van der Waals surface area contributed by atoms with E-state index in [4.69, 9.17) is 14.5 Å². The van der Waals surface area contributed by atoms with E-state index in [2.05, 4.69) is 82.8 Å². The van der Waals surface area contributed by atoms with Gasteiger partial charge in [-0.3, -0.25) is 14.8 Å². The van der Waals surface area contributed by atoms with Crippen LogP contribution in [0.15, 0.2) is 65.2 Å². The minimum Gasteiger partial charge on any atom is -0.496 e. The maximum atomic E-state index is 13.6. The molecule has 10 rings (SSSR count). The van der Waals surface area contributed by atoms with Gasteiger partial charge in [0.05, 0.1) is 48.7 Å². The van der Waals surface area contributed by atoms with Gasteiger partial charge in [-0.05, 0) is 80.2 Å². The third-order valence-electron chi connectivity index (χ3n) is 14.1. The van der Waals surface area contributed by atoms with Gasteiger partial charge in [-0.1, -0.05) is 50.3 Å². The van der Waals surface area contributed by atoms with E-state index >= 15 is 0 Å². The molecule has 2 saturated heterocycles. The molecular formula is C41H46N4O3. The third-order valence-corrected chi connectivity index (χ3v) is 14.1. The van der Waals surface area contributed by atoms with Crippen LogP contribution in [0.2, 0.25) is 0 Å². The van der Waals surface area contributed by atoms with Gasteiger partial charge in [0.1, 0.15) is 5.75 Å². The number of piperidine rings is 1. The highest BCUT2D eigenvalue weighted by atomic mass is 16.5. The van der Waals surface area contributed by atoms with Crippen LogP contribution in [0.4, 0.5) is 5.69 Å². The molecule has 7 heterocycles. The third kappa shape index (κ3) is 3.37. The maximum Gasteiger partial charge on any atom is 0.339 e. The van der Waals surface area contributed by atoms with Crippen molar-refractivity contribution in [2.75, 3.05) is 40.4 Å². The highest BCUT2D eigenvalue weighted by molar-refractivity contribution is 6.27. The first kappa shape index (κ1) is 29.3. The van der Waals surface area contributed by atoms with Gasteiger partial charge in [0.15, 0.2) is 0 Å². The van der Waals surface area contributed by atoms with Crippen molar-refractivity contribution in [1.82, 2.24) is 14.4 Å². The van der Waals surface area contributed by atoms with E-state index in [1.54, 1.807) is 11.3 Å². The number of hydrogen-bond donors (Lipinski definition) is 0. The fraction of sp³-hybridized carbons (Fsp3) is 0.512. The second-order valence-electron chi connectivity index (χ2n) is 15.6. The Morgan fingerprint density at radius 1 is 1.04 bits per heavy atom. The molecule has 1 aromatic heterocycles. The summed E-state index contributed by atoms with van der Waals surface area (Å²) in [4.78, 5) is 24.4. The number of aromatic nitrogens is 1. The van der Waals surface area contributed by atoms with Crippen LogP contribution in [-0.2, 0) is 21.4 Å². The quantitative estimate of drug-likeness (QED) is 0.218. The molecule has 48 heavy (non-hydrogen) atoms. The molecule has 0 unspecified atom stereocenters. The summed E-state index contributed by atoms with van der Waals surface area (Å²) < 4.78 is 14.5. The van der Waals surface area contributed by atoms with Crippen molar-refractivity contribution < 1.29 is 14.3 Å². The van der Waals surface area contributed by atoms with Crippen molar-refractivity contribution in [1.29, 1.82) is 0 Å². The van der Waals surface area contributed by atoms with Crippen LogP contribution in [0, 0.1) is 10.8 Å². The predicted molar refractivity (Wildman–Crippen MR) is 188 cm³/mol. The Kier molecular flexibility index (Phi) is 6.06. The molecule has 2 aromatic carbocycles. The minimum absolute atomic E-state index is 0.146. The second kappa shape index (κ2) is 9.95. The Hall–Kier alpha value is -3.68. The zero-order valence-corrected chi connectivity index (χ0v) is 28.7. The Balaban J connectivity index is 1.23. The van der Waals surface area contributed by atoms with Crippen molar-refractivity contribution >= 4 is 28.3 Å². The number of para-hydroxylation sites is 1. The van der Waals surface area contributed by atoms with E-state index in [9.17, 15) is 4.79 Å². The summed E-state index contributed by atoms with van der Waals surface area (Å²) in [6.07, 6.45) is 14.6. The van der Waals surface area contributed by atoms with Gasteiger partial charge < -0.3 is 14.0 Å². The van der Waals surface area contributed by atoms with Crippen LogP contribution in [0.5, 0.6) is 5.75 Å². The molecular weight excluding hydrogens is 596 g/mol. The van der Waals surface area contributed by atoms with Crippen LogP contribution >= 0.6 is 0 Å². The molecule has 1 spiro atoms. The van der Waals surface area contributed by atoms with Crippen molar-refractivity contribution in [3.05, 3.63) is 82.6 Å². The summed E-state index contributed by atoms with van der Waals surface area (Å²) in [5.41, 5.74) is 9.07. The fourth-order valence-corrected chi connectivity index (χ4v) is 12.1.